The van der Waals surface area contributed by atoms with E-state index in [2.05, 4.69) is 34.4 Å². The number of carbonyl (C=O) groups is 1. The van der Waals surface area contributed by atoms with Crippen LogP contribution in [-0.4, -0.2) is 46.2 Å². The van der Waals surface area contributed by atoms with Crippen LogP contribution in [0.5, 0.6) is 0 Å². The molecule has 2 aliphatic heterocycles. The predicted molar refractivity (Wildman–Crippen MR) is 117 cm³/mol. The summed E-state index contributed by atoms with van der Waals surface area (Å²) >= 11 is 0. The first-order chi connectivity index (χ1) is 15.2. The molecule has 2 saturated heterocycles. The lowest BCUT2D eigenvalue weighted by molar-refractivity contribution is -0.147. The molecule has 1 atom stereocenters. The smallest absolute Gasteiger partial charge is 0.226 e. The number of hydrogen-bond donors (Lipinski definition) is 0. The maximum Gasteiger partial charge on any atom is 0.226 e. The molecule has 0 radical (unpaired) electrons. The number of hydrogen-bond acceptors (Lipinski definition) is 5. The van der Waals surface area contributed by atoms with Crippen LogP contribution in [0.3, 0.4) is 0 Å². The first kappa shape index (κ1) is 20.7. The molecule has 31 heavy (non-hydrogen) atoms. The molecular weight excluding hydrogens is 390 g/mol. The van der Waals surface area contributed by atoms with Gasteiger partial charge in [0.25, 0.3) is 0 Å². The number of aryl methyl sites for hydroxylation is 1. The van der Waals surface area contributed by atoms with Crippen molar-refractivity contribution >= 4 is 5.91 Å². The van der Waals surface area contributed by atoms with Crippen molar-refractivity contribution in [2.75, 3.05) is 19.7 Å². The summed E-state index contributed by atoms with van der Waals surface area (Å²) in [5.41, 5.74) is 1.23. The number of ether oxygens (including phenoxy) is 1. The van der Waals surface area contributed by atoms with Crippen LogP contribution in [0, 0.1) is 5.92 Å². The summed E-state index contributed by atoms with van der Waals surface area (Å²) in [6, 6.07) is 10.4. The largest absolute Gasteiger partial charge is 0.375 e. The third kappa shape index (κ3) is 5.17. The molecule has 1 aliphatic carbocycles. The second-order valence-electron chi connectivity index (χ2n) is 9.63. The van der Waals surface area contributed by atoms with E-state index in [-0.39, 0.29) is 11.5 Å². The Morgan fingerprint density at radius 1 is 1.13 bits per heavy atom. The fourth-order valence-electron chi connectivity index (χ4n) is 5.17. The summed E-state index contributed by atoms with van der Waals surface area (Å²) in [4.78, 5) is 19.3. The third-order valence-electron chi connectivity index (χ3n) is 7.21. The van der Waals surface area contributed by atoms with E-state index in [9.17, 15) is 4.79 Å². The van der Waals surface area contributed by atoms with Crippen LogP contribution in [0.15, 0.2) is 34.9 Å². The Kier molecular flexibility index (Phi) is 6.08. The van der Waals surface area contributed by atoms with Gasteiger partial charge in [0.05, 0.1) is 5.60 Å². The van der Waals surface area contributed by atoms with Crippen LogP contribution in [-0.2, 0) is 22.4 Å². The Balaban J connectivity index is 1.08. The summed E-state index contributed by atoms with van der Waals surface area (Å²) in [6.45, 7) is 2.41. The molecule has 1 aromatic heterocycles. The second kappa shape index (κ2) is 9.11. The quantitative estimate of drug-likeness (QED) is 0.664. The van der Waals surface area contributed by atoms with Crippen molar-refractivity contribution in [3.05, 3.63) is 47.6 Å². The molecule has 6 nitrogen and oxygen atoms in total. The SMILES string of the molecule is O=C(CCCc1ccccc1)N1CCC2(CC1)CC(Cc1nc(C3CC3)no1)CCO2. The second-order valence-corrected chi connectivity index (χ2v) is 9.63. The number of piperidine rings is 1. The number of amides is 1. The monoisotopic (exact) mass is 423 g/mol. The van der Waals surface area contributed by atoms with Gasteiger partial charge in [-0.3, -0.25) is 4.79 Å². The molecule has 0 N–H and O–H groups in total. The highest BCUT2D eigenvalue weighted by molar-refractivity contribution is 5.76. The van der Waals surface area contributed by atoms with Crippen LogP contribution in [0.1, 0.15) is 74.6 Å². The van der Waals surface area contributed by atoms with E-state index in [1.165, 1.54) is 18.4 Å². The van der Waals surface area contributed by atoms with E-state index < -0.39 is 0 Å². The van der Waals surface area contributed by atoms with Crippen molar-refractivity contribution in [1.29, 1.82) is 0 Å². The number of rotatable bonds is 7. The van der Waals surface area contributed by atoms with Gasteiger partial charge in [0, 0.05) is 38.5 Å². The van der Waals surface area contributed by atoms with E-state index in [1.54, 1.807) is 0 Å². The maximum atomic E-state index is 12.7. The minimum atomic E-state index is -0.0803. The summed E-state index contributed by atoms with van der Waals surface area (Å²) in [6.07, 6.45) is 9.70. The Hall–Kier alpha value is -2.21. The molecule has 1 saturated carbocycles. The molecule has 3 aliphatic rings. The number of carbonyl (C=O) groups excluding carboxylic acids is 1. The van der Waals surface area contributed by atoms with Crippen molar-refractivity contribution in [3.8, 4) is 0 Å². The fourth-order valence-corrected chi connectivity index (χ4v) is 5.17. The van der Waals surface area contributed by atoms with Gasteiger partial charge in [-0.25, -0.2) is 0 Å². The molecule has 3 heterocycles. The molecule has 5 rings (SSSR count). The fraction of sp³-hybridized carbons (Fsp3) is 0.640. The molecule has 1 unspecified atom stereocenters. The Labute approximate surface area is 184 Å². The third-order valence-corrected chi connectivity index (χ3v) is 7.21. The first-order valence-corrected chi connectivity index (χ1v) is 12.0. The average molecular weight is 424 g/mol. The molecule has 1 aromatic carbocycles. The summed E-state index contributed by atoms with van der Waals surface area (Å²) in [7, 11) is 0. The number of nitrogens with zero attached hydrogens (tertiary/aromatic N) is 3. The Morgan fingerprint density at radius 3 is 2.71 bits per heavy atom. The number of benzene rings is 1. The summed E-state index contributed by atoms with van der Waals surface area (Å²) in [5.74, 6) is 3.03. The Bertz CT molecular complexity index is 869. The minimum Gasteiger partial charge on any atom is -0.375 e. The van der Waals surface area contributed by atoms with Gasteiger partial charge in [-0.05, 0) is 62.8 Å². The molecule has 1 spiro atoms. The number of aromatic nitrogens is 2. The number of likely N-dealkylation sites (tertiary alicyclic amines) is 1. The van der Waals surface area contributed by atoms with E-state index in [1.807, 2.05) is 11.0 Å². The average Bonchev–Trinajstić information content (AvgIpc) is 3.54. The van der Waals surface area contributed by atoms with Crippen molar-refractivity contribution in [2.24, 2.45) is 5.92 Å². The van der Waals surface area contributed by atoms with Crippen LogP contribution < -0.4 is 0 Å². The minimum absolute atomic E-state index is 0.0803. The van der Waals surface area contributed by atoms with Crippen molar-refractivity contribution in [2.45, 2.75) is 75.7 Å². The molecular formula is C25H33N3O3. The van der Waals surface area contributed by atoms with Gasteiger partial charge in [-0.15, -0.1) is 0 Å². The summed E-state index contributed by atoms with van der Waals surface area (Å²) in [5, 5.41) is 4.16. The van der Waals surface area contributed by atoms with E-state index in [0.717, 1.165) is 76.4 Å². The summed E-state index contributed by atoms with van der Waals surface area (Å²) < 4.78 is 11.8. The van der Waals surface area contributed by atoms with Crippen molar-refractivity contribution in [3.63, 3.8) is 0 Å². The van der Waals surface area contributed by atoms with Gasteiger partial charge in [0.2, 0.25) is 11.8 Å². The highest BCUT2D eigenvalue weighted by Crippen LogP contribution is 2.40. The molecule has 6 heteroatoms. The zero-order valence-corrected chi connectivity index (χ0v) is 18.3. The highest BCUT2D eigenvalue weighted by atomic mass is 16.5. The highest BCUT2D eigenvalue weighted by Gasteiger charge is 2.41. The molecule has 1 amide bonds. The Morgan fingerprint density at radius 2 is 1.94 bits per heavy atom. The lowest BCUT2D eigenvalue weighted by atomic mass is 9.78. The zero-order valence-electron chi connectivity index (χ0n) is 18.3. The van der Waals surface area contributed by atoms with Crippen LogP contribution in [0.4, 0.5) is 0 Å². The van der Waals surface area contributed by atoms with E-state index >= 15 is 0 Å². The topological polar surface area (TPSA) is 68.5 Å². The molecule has 3 fully saturated rings. The predicted octanol–water partition coefficient (Wildman–Crippen LogP) is 4.30. The van der Waals surface area contributed by atoms with Gasteiger partial charge < -0.3 is 14.2 Å². The molecule has 2 aromatic rings. The van der Waals surface area contributed by atoms with Crippen molar-refractivity contribution in [1.82, 2.24) is 15.0 Å². The van der Waals surface area contributed by atoms with Crippen LogP contribution in [0.2, 0.25) is 0 Å². The normalized spacial score (nSPS) is 23.2. The lowest BCUT2D eigenvalue weighted by Crippen LogP contribution is -2.51. The maximum absolute atomic E-state index is 12.7. The van der Waals surface area contributed by atoms with Gasteiger partial charge >= 0.3 is 0 Å². The standard InChI is InChI=1S/C25H33N3O3/c29-23(8-4-7-19-5-2-1-3-6-19)28-14-12-25(13-15-28)18-20(11-16-30-25)17-22-26-24(27-31-22)21-9-10-21/h1-3,5-6,20-21H,4,7-18H2. The lowest BCUT2D eigenvalue weighted by Gasteiger charge is -2.46. The molecule has 166 valence electrons. The van der Waals surface area contributed by atoms with E-state index in [0.29, 0.717) is 18.3 Å². The van der Waals surface area contributed by atoms with Gasteiger partial charge in [-0.2, -0.15) is 4.98 Å². The van der Waals surface area contributed by atoms with Gasteiger partial charge in [0.1, 0.15) is 0 Å². The van der Waals surface area contributed by atoms with Gasteiger partial charge in [0.15, 0.2) is 5.82 Å². The van der Waals surface area contributed by atoms with Crippen LogP contribution >= 0.6 is 0 Å². The van der Waals surface area contributed by atoms with Crippen LogP contribution in [0.25, 0.3) is 0 Å². The first-order valence-electron chi connectivity index (χ1n) is 12.0. The molecule has 0 bridgehead atoms. The van der Waals surface area contributed by atoms with Gasteiger partial charge in [-0.1, -0.05) is 35.5 Å². The van der Waals surface area contributed by atoms with E-state index in [4.69, 9.17) is 9.26 Å². The van der Waals surface area contributed by atoms with Crippen molar-refractivity contribution < 1.29 is 14.1 Å². The zero-order chi connectivity index (χ0) is 21.1.